The fourth-order valence-corrected chi connectivity index (χ4v) is 3.36. The molecule has 1 heterocycles. The summed E-state index contributed by atoms with van der Waals surface area (Å²) >= 11 is 0. The van der Waals surface area contributed by atoms with Crippen molar-refractivity contribution in [2.24, 2.45) is 0 Å². The maximum Gasteiger partial charge on any atom is 0.0578 e. The third-order valence-corrected chi connectivity index (χ3v) is 4.57. The SMILES string of the molecule is C1CCC(OC2CCCCC2)CC1.C1CCOCC1. The first-order valence-electron chi connectivity index (χ1n) is 8.68. The molecule has 0 aromatic carbocycles. The van der Waals surface area contributed by atoms with Gasteiger partial charge in [0.15, 0.2) is 0 Å². The van der Waals surface area contributed by atoms with Gasteiger partial charge in [0, 0.05) is 13.2 Å². The number of ether oxygens (including phenoxy) is 2. The number of hydrogen-bond donors (Lipinski definition) is 0. The van der Waals surface area contributed by atoms with Crippen LogP contribution in [0.1, 0.15) is 83.5 Å². The molecule has 2 aliphatic carbocycles. The third kappa shape index (κ3) is 6.76. The van der Waals surface area contributed by atoms with Gasteiger partial charge in [-0.2, -0.15) is 0 Å². The van der Waals surface area contributed by atoms with Gasteiger partial charge in [-0.3, -0.25) is 0 Å². The first kappa shape index (κ1) is 15.3. The van der Waals surface area contributed by atoms with Crippen molar-refractivity contribution in [1.82, 2.24) is 0 Å². The van der Waals surface area contributed by atoms with Crippen LogP contribution in [-0.4, -0.2) is 25.4 Å². The van der Waals surface area contributed by atoms with Crippen LogP contribution in [-0.2, 0) is 9.47 Å². The summed E-state index contributed by atoms with van der Waals surface area (Å²) < 4.78 is 11.2. The van der Waals surface area contributed by atoms with Crippen molar-refractivity contribution in [3.63, 3.8) is 0 Å². The Morgan fingerprint density at radius 1 is 0.526 bits per heavy atom. The highest BCUT2D eigenvalue weighted by molar-refractivity contribution is 4.71. The van der Waals surface area contributed by atoms with Crippen LogP contribution in [0.5, 0.6) is 0 Å². The molecular weight excluding hydrogens is 236 g/mol. The molecule has 3 fully saturated rings. The van der Waals surface area contributed by atoms with Crippen molar-refractivity contribution in [2.45, 2.75) is 95.7 Å². The monoisotopic (exact) mass is 268 g/mol. The van der Waals surface area contributed by atoms with Crippen molar-refractivity contribution in [3.05, 3.63) is 0 Å². The zero-order chi connectivity index (χ0) is 13.2. The maximum absolute atomic E-state index is 6.13. The Labute approximate surface area is 119 Å². The normalized spacial score (nSPS) is 26.5. The van der Waals surface area contributed by atoms with E-state index in [0.717, 1.165) is 13.2 Å². The molecule has 3 rings (SSSR count). The molecule has 2 heteroatoms. The van der Waals surface area contributed by atoms with Gasteiger partial charge in [0.25, 0.3) is 0 Å². The van der Waals surface area contributed by atoms with Crippen LogP contribution in [0.25, 0.3) is 0 Å². The average molecular weight is 268 g/mol. The van der Waals surface area contributed by atoms with Crippen molar-refractivity contribution >= 4 is 0 Å². The highest BCUT2D eigenvalue weighted by atomic mass is 16.5. The Morgan fingerprint density at radius 2 is 0.947 bits per heavy atom. The predicted octanol–water partition coefficient (Wildman–Crippen LogP) is 4.86. The Morgan fingerprint density at radius 3 is 1.26 bits per heavy atom. The smallest absolute Gasteiger partial charge is 0.0578 e. The van der Waals surface area contributed by atoms with Crippen LogP contribution in [0.15, 0.2) is 0 Å². The minimum absolute atomic E-state index is 0.622. The van der Waals surface area contributed by atoms with Crippen LogP contribution in [0.3, 0.4) is 0 Å². The summed E-state index contributed by atoms with van der Waals surface area (Å²) in [6, 6.07) is 0. The van der Waals surface area contributed by atoms with Gasteiger partial charge in [-0.1, -0.05) is 38.5 Å². The molecule has 0 unspecified atom stereocenters. The van der Waals surface area contributed by atoms with E-state index in [1.165, 1.54) is 83.5 Å². The molecule has 112 valence electrons. The third-order valence-electron chi connectivity index (χ3n) is 4.57. The molecule has 3 aliphatic rings. The molecule has 1 saturated heterocycles. The summed E-state index contributed by atoms with van der Waals surface area (Å²) in [5, 5.41) is 0. The molecule has 1 aliphatic heterocycles. The molecule has 0 bridgehead atoms. The van der Waals surface area contributed by atoms with Gasteiger partial charge >= 0.3 is 0 Å². The molecule has 19 heavy (non-hydrogen) atoms. The molecule has 0 N–H and O–H groups in total. The van der Waals surface area contributed by atoms with Crippen LogP contribution < -0.4 is 0 Å². The lowest BCUT2D eigenvalue weighted by molar-refractivity contribution is -0.0450. The summed E-state index contributed by atoms with van der Waals surface area (Å²) in [5.74, 6) is 0. The van der Waals surface area contributed by atoms with Crippen molar-refractivity contribution in [2.75, 3.05) is 13.2 Å². The van der Waals surface area contributed by atoms with Gasteiger partial charge in [0.1, 0.15) is 0 Å². The van der Waals surface area contributed by atoms with Crippen molar-refractivity contribution < 1.29 is 9.47 Å². The highest BCUT2D eigenvalue weighted by Gasteiger charge is 2.20. The summed E-state index contributed by atoms with van der Waals surface area (Å²) in [6.45, 7) is 2.00. The first-order chi connectivity index (χ1) is 9.45. The standard InChI is InChI=1S/C12H22O.C5H10O/c1-3-7-11(8-4-1)13-12-9-5-2-6-10-12;1-2-4-6-5-3-1/h11-12H,1-10H2;1-5H2. The summed E-state index contributed by atoms with van der Waals surface area (Å²) in [7, 11) is 0. The second-order valence-corrected chi connectivity index (χ2v) is 6.33. The topological polar surface area (TPSA) is 18.5 Å². The van der Waals surface area contributed by atoms with Gasteiger partial charge in [0.2, 0.25) is 0 Å². The predicted molar refractivity (Wildman–Crippen MR) is 79.5 cm³/mol. The summed E-state index contributed by atoms with van der Waals surface area (Å²) in [6.07, 6.45) is 19.0. The number of rotatable bonds is 2. The lowest BCUT2D eigenvalue weighted by Gasteiger charge is -2.29. The van der Waals surface area contributed by atoms with E-state index in [1.807, 2.05) is 0 Å². The fraction of sp³-hybridized carbons (Fsp3) is 1.00. The Balaban J connectivity index is 0.000000186. The first-order valence-corrected chi connectivity index (χ1v) is 8.68. The van der Waals surface area contributed by atoms with Crippen molar-refractivity contribution in [3.8, 4) is 0 Å². The minimum atomic E-state index is 0.622. The molecule has 0 aromatic rings. The highest BCUT2D eigenvalue weighted by Crippen LogP contribution is 2.26. The van der Waals surface area contributed by atoms with E-state index in [-0.39, 0.29) is 0 Å². The van der Waals surface area contributed by atoms with E-state index in [0.29, 0.717) is 12.2 Å². The van der Waals surface area contributed by atoms with Crippen molar-refractivity contribution in [1.29, 1.82) is 0 Å². The average Bonchev–Trinajstić information content (AvgIpc) is 2.52. The van der Waals surface area contributed by atoms with E-state index in [1.54, 1.807) is 0 Å². The van der Waals surface area contributed by atoms with Crippen LogP contribution in [0, 0.1) is 0 Å². The molecule has 0 aromatic heterocycles. The van der Waals surface area contributed by atoms with Gasteiger partial charge in [-0.05, 0) is 44.9 Å². The number of hydrogen-bond acceptors (Lipinski definition) is 2. The molecule has 0 amide bonds. The van der Waals surface area contributed by atoms with E-state index in [4.69, 9.17) is 9.47 Å². The Bertz CT molecular complexity index is 174. The molecule has 2 saturated carbocycles. The molecule has 0 spiro atoms. The maximum atomic E-state index is 6.13. The van der Waals surface area contributed by atoms with E-state index in [2.05, 4.69) is 0 Å². The molecule has 0 atom stereocenters. The van der Waals surface area contributed by atoms with Gasteiger partial charge < -0.3 is 9.47 Å². The van der Waals surface area contributed by atoms with Gasteiger partial charge in [0.05, 0.1) is 12.2 Å². The van der Waals surface area contributed by atoms with E-state index >= 15 is 0 Å². The van der Waals surface area contributed by atoms with Crippen LogP contribution in [0.2, 0.25) is 0 Å². The lowest BCUT2D eigenvalue weighted by atomic mass is 9.95. The summed E-state index contributed by atoms with van der Waals surface area (Å²) in [4.78, 5) is 0. The molecule has 0 radical (unpaired) electrons. The lowest BCUT2D eigenvalue weighted by Crippen LogP contribution is -2.25. The minimum Gasteiger partial charge on any atom is -0.381 e. The zero-order valence-corrected chi connectivity index (χ0v) is 12.6. The molecule has 2 nitrogen and oxygen atoms in total. The Hall–Kier alpha value is -0.0800. The van der Waals surface area contributed by atoms with Crippen LogP contribution in [0.4, 0.5) is 0 Å². The summed E-state index contributed by atoms with van der Waals surface area (Å²) in [5.41, 5.74) is 0. The van der Waals surface area contributed by atoms with E-state index < -0.39 is 0 Å². The Kier molecular flexibility index (Phi) is 7.87. The fourth-order valence-electron chi connectivity index (χ4n) is 3.36. The molecular formula is C17H32O2. The van der Waals surface area contributed by atoms with Crippen LogP contribution >= 0.6 is 0 Å². The van der Waals surface area contributed by atoms with E-state index in [9.17, 15) is 0 Å². The largest absolute Gasteiger partial charge is 0.381 e. The second-order valence-electron chi connectivity index (χ2n) is 6.33. The quantitative estimate of drug-likeness (QED) is 0.712. The van der Waals surface area contributed by atoms with Gasteiger partial charge in [-0.25, -0.2) is 0 Å². The van der Waals surface area contributed by atoms with Gasteiger partial charge in [-0.15, -0.1) is 0 Å². The second kappa shape index (κ2) is 9.77. The zero-order valence-electron chi connectivity index (χ0n) is 12.6.